The summed E-state index contributed by atoms with van der Waals surface area (Å²) in [5.41, 5.74) is 0. The molecule has 1 N–H and O–H groups in total. The van der Waals surface area contributed by atoms with E-state index in [1.54, 1.807) is 0 Å². The zero-order chi connectivity index (χ0) is 11.2. The summed E-state index contributed by atoms with van der Waals surface area (Å²) >= 11 is 0. The molecule has 3 nitrogen and oxygen atoms in total. The molecule has 1 saturated heterocycles. The van der Waals surface area contributed by atoms with Crippen molar-refractivity contribution in [3.05, 3.63) is 12.2 Å². The third-order valence-electron chi connectivity index (χ3n) is 3.74. The van der Waals surface area contributed by atoms with Gasteiger partial charge in [-0.15, -0.1) is 0 Å². The first-order chi connectivity index (χ1) is 7.90. The average Bonchev–Trinajstić information content (AvgIpc) is 2.57. The predicted octanol–water partition coefficient (Wildman–Crippen LogP) is 1.10. The quantitative estimate of drug-likeness (QED) is 0.727. The van der Waals surface area contributed by atoms with E-state index in [9.17, 15) is 0 Å². The van der Waals surface area contributed by atoms with Crippen molar-refractivity contribution in [2.24, 2.45) is 0 Å². The third-order valence-corrected chi connectivity index (χ3v) is 3.74. The molecule has 1 fully saturated rings. The first kappa shape index (κ1) is 12.1. The Morgan fingerprint density at radius 2 is 2.06 bits per heavy atom. The summed E-state index contributed by atoms with van der Waals surface area (Å²) in [7, 11) is 0. The minimum Gasteiger partial charge on any atom is -0.395 e. The molecule has 1 atom stereocenters. The van der Waals surface area contributed by atoms with E-state index in [1.165, 1.54) is 32.2 Å². The van der Waals surface area contributed by atoms with Crippen molar-refractivity contribution < 1.29 is 5.11 Å². The number of rotatable bonds is 3. The summed E-state index contributed by atoms with van der Waals surface area (Å²) in [5, 5.41) is 8.96. The molecule has 0 saturated carbocycles. The normalized spacial score (nSPS) is 29.2. The number of nitrogens with zero attached hydrogens (tertiary/aromatic N) is 2. The van der Waals surface area contributed by atoms with Crippen LogP contribution in [0.2, 0.25) is 0 Å². The van der Waals surface area contributed by atoms with Crippen LogP contribution in [0.3, 0.4) is 0 Å². The molecule has 2 rings (SSSR count). The van der Waals surface area contributed by atoms with Gasteiger partial charge in [-0.1, -0.05) is 12.2 Å². The minimum absolute atomic E-state index is 0.295. The standard InChI is InChI=1S/C13H24N2O/c16-12-11-14-7-4-8-15(10-9-14)13-5-2-1-3-6-13/h2,5,13,16H,1,3-4,6-12H2. The van der Waals surface area contributed by atoms with E-state index >= 15 is 0 Å². The van der Waals surface area contributed by atoms with Crippen LogP contribution < -0.4 is 0 Å². The monoisotopic (exact) mass is 224 g/mol. The molecule has 0 amide bonds. The Morgan fingerprint density at radius 1 is 1.12 bits per heavy atom. The molecule has 0 radical (unpaired) electrons. The summed E-state index contributed by atoms with van der Waals surface area (Å²) in [6, 6.07) is 0.683. The van der Waals surface area contributed by atoms with Gasteiger partial charge in [0.05, 0.1) is 6.61 Å². The Morgan fingerprint density at radius 3 is 2.81 bits per heavy atom. The second-order valence-corrected chi connectivity index (χ2v) is 4.88. The average molecular weight is 224 g/mol. The molecule has 1 heterocycles. The Hall–Kier alpha value is -0.380. The molecule has 92 valence electrons. The summed E-state index contributed by atoms with van der Waals surface area (Å²) < 4.78 is 0. The van der Waals surface area contributed by atoms with E-state index in [0.29, 0.717) is 12.6 Å². The fourth-order valence-corrected chi connectivity index (χ4v) is 2.79. The lowest BCUT2D eigenvalue weighted by molar-refractivity contribution is 0.187. The number of allylic oxidation sites excluding steroid dienone is 1. The Bertz CT molecular complexity index is 230. The molecular formula is C13H24N2O. The van der Waals surface area contributed by atoms with E-state index in [0.717, 1.165) is 26.2 Å². The molecule has 2 aliphatic rings. The van der Waals surface area contributed by atoms with Crippen molar-refractivity contribution in [2.45, 2.75) is 31.7 Å². The van der Waals surface area contributed by atoms with Crippen LogP contribution in [0.15, 0.2) is 12.2 Å². The van der Waals surface area contributed by atoms with Crippen molar-refractivity contribution >= 4 is 0 Å². The third kappa shape index (κ3) is 3.30. The maximum atomic E-state index is 8.96. The van der Waals surface area contributed by atoms with Crippen molar-refractivity contribution in [2.75, 3.05) is 39.3 Å². The molecule has 0 aromatic heterocycles. The minimum atomic E-state index is 0.295. The van der Waals surface area contributed by atoms with Gasteiger partial charge in [0.15, 0.2) is 0 Å². The zero-order valence-electron chi connectivity index (χ0n) is 10.1. The highest BCUT2D eigenvalue weighted by molar-refractivity contribution is 4.99. The van der Waals surface area contributed by atoms with Crippen LogP contribution in [0.1, 0.15) is 25.7 Å². The van der Waals surface area contributed by atoms with E-state index in [2.05, 4.69) is 22.0 Å². The van der Waals surface area contributed by atoms with Gasteiger partial charge in [-0.3, -0.25) is 9.80 Å². The van der Waals surface area contributed by atoms with Gasteiger partial charge in [0.1, 0.15) is 0 Å². The van der Waals surface area contributed by atoms with E-state index in [-0.39, 0.29) is 0 Å². The van der Waals surface area contributed by atoms with Gasteiger partial charge in [-0.05, 0) is 38.8 Å². The van der Waals surface area contributed by atoms with E-state index in [1.807, 2.05) is 0 Å². The van der Waals surface area contributed by atoms with E-state index in [4.69, 9.17) is 5.11 Å². The Labute approximate surface area is 98.7 Å². The topological polar surface area (TPSA) is 26.7 Å². The summed E-state index contributed by atoms with van der Waals surface area (Å²) in [6.45, 7) is 5.78. The van der Waals surface area contributed by atoms with Crippen molar-refractivity contribution in [3.63, 3.8) is 0 Å². The highest BCUT2D eigenvalue weighted by Crippen LogP contribution is 2.18. The molecule has 3 heteroatoms. The summed E-state index contributed by atoms with van der Waals surface area (Å²) in [6.07, 6.45) is 9.91. The Balaban J connectivity index is 1.83. The van der Waals surface area contributed by atoms with Crippen molar-refractivity contribution in [1.82, 2.24) is 9.80 Å². The van der Waals surface area contributed by atoms with Gasteiger partial charge in [0.25, 0.3) is 0 Å². The number of aliphatic hydroxyl groups excluding tert-OH is 1. The Kier molecular flexibility index (Phi) is 4.82. The van der Waals surface area contributed by atoms with Gasteiger partial charge < -0.3 is 5.11 Å². The zero-order valence-corrected chi connectivity index (χ0v) is 10.1. The molecular weight excluding hydrogens is 200 g/mol. The van der Waals surface area contributed by atoms with Gasteiger partial charge in [-0.25, -0.2) is 0 Å². The molecule has 0 aromatic carbocycles. The second kappa shape index (κ2) is 6.38. The number of hydrogen-bond acceptors (Lipinski definition) is 3. The predicted molar refractivity (Wildman–Crippen MR) is 66.5 cm³/mol. The SMILES string of the molecule is OCCN1CCCN(C2C=CCCC2)CC1. The number of β-amino-alcohol motifs (C(OH)–C–C–N with tert-alkyl or cyclic N) is 1. The summed E-state index contributed by atoms with van der Waals surface area (Å²) in [4.78, 5) is 5.00. The lowest BCUT2D eigenvalue weighted by Crippen LogP contribution is -2.38. The van der Waals surface area contributed by atoms with Crippen LogP contribution in [0.5, 0.6) is 0 Å². The molecule has 16 heavy (non-hydrogen) atoms. The lowest BCUT2D eigenvalue weighted by atomic mass is 10.0. The molecule has 1 aliphatic heterocycles. The molecule has 1 aliphatic carbocycles. The second-order valence-electron chi connectivity index (χ2n) is 4.88. The molecule has 1 unspecified atom stereocenters. The van der Waals surface area contributed by atoms with Crippen molar-refractivity contribution in [1.29, 1.82) is 0 Å². The fourth-order valence-electron chi connectivity index (χ4n) is 2.79. The van der Waals surface area contributed by atoms with Crippen molar-refractivity contribution in [3.8, 4) is 0 Å². The smallest absolute Gasteiger partial charge is 0.0558 e. The first-order valence-corrected chi connectivity index (χ1v) is 6.64. The number of hydrogen-bond donors (Lipinski definition) is 1. The maximum Gasteiger partial charge on any atom is 0.0558 e. The van der Waals surface area contributed by atoms with Crippen LogP contribution in [0.25, 0.3) is 0 Å². The van der Waals surface area contributed by atoms with Gasteiger partial charge in [0.2, 0.25) is 0 Å². The molecule has 0 aromatic rings. The van der Waals surface area contributed by atoms with Crippen LogP contribution in [0.4, 0.5) is 0 Å². The van der Waals surface area contributed by atoms with Gasteiger partial charge >= 0.3 is 0 Å². The van der Waals surface area contributed by atoms with Crippen LogP contribution >= 0.6 is 0 Å². The van der Waals surface area contributed by atoms with Crippen LogP contribution in [-0.4, -0.2) is 60.3 Å². The number of aliphatic hydroxyl groups is 1. The molecule has 0 bridgehead atoms. The fraction of sp³-hybridized carbons (Fsp3) is 0.846. The lowest BCUT2D eigenvalue weighted by Gasteiger charge is -2.30. The van der Waals surface area contributed by atoms with Crippen LogP contribution in [-0.2, 0) is 0 Å². The summed E-state index contributed by atoms with van der Waals surface area (Å²) in [5.74, 6) is 0. The van der Waals surface area contributed by atoms with Gasteiger partial charge in [-0.2, -0.15) is 0 Å². The largest absolute Gasteiger partial charge is 0.395 e. The molecule has 0 spiro atoms. The highest BCUT2D eigenvalue weighted by atomic mass is 16.3. The maximum absolute atomic E-state index is 8.96. The highest BCUT2D eigenvalue weighted by Gasteiger charge is 2.20. The van der Waals surface area contributed by atoms with E-state index < -0.39 is 0 Å². The first-order valence-electron chi connectivity index (χ1n) is 6.64. The van der Waals surface area contributed by atoms with Gasteiger partial charge in [0, 0.05) is 25.7 Å². The van der Waals surface area contributed by atoms with Crippen LogP contribution in [0, 0.1) is 0 Å².